The fraction of sp³-hybridized carbons (Fsp3) is 0.368. The van der Waals surface area contributed by atoms with E-state index in [-0.39, 0.29) is 0 Å². The van der Waals surface area contributed by atoms with E-state index < -0.39 is 11.9 Å². The van der Waals surface area contributed by atoms with E-state index in [4.69, 9.17) is 18.9 Å². The first-order chi connectivity index (χ1) is 22.3. The Hall–Kier alpha value is -4.76. The van der Waals surface area contributed by atoms with Crippen molar-refractivity contribution in [2.75, 3.05) is 66.7 Å². The fourth-order valence-corrected chi connectivity index (χ4v) is 4.54. The predicted octanol–water partition coefficient (Wildman–Crippen LogP) is 5.50. The lowest BCUT2D eigenvalue weighted by Crippen LogP contribution is -2.28. The number of carbonyl (C=O) groups excluding carboxylic acids is 2. The zero-order valence-corrected chi connectivity index (χ0v) is 27.8. The maximum Gasteiger partial charge on any atom is 0.337 e. The Bertz CT molecular complexity index is 1430. The van der Waals surface area contributed by atoms with Gasteiger partial charge < -0.3 is 28.7 Å². The molecule has 3 rings (SSSR count). The molecule has 0 amide bonds. The summed E-state index contributed by atoms with van der Waals surface area (Å²) in [5.74, 6) is 13.3. The minimum atomic E-state index is -0.397. The van der Waals surface area contributed by atoms with Gasteiger partial charge >= 0.3 is 11.9 Å². The van der Waals surface area contributed by atoms with Crippen LogP contribution in [-0.4, -0.2) is 88.4 Å². The topological polar surface area (TPSA) is 77.5 Å². The molecule has 0 spiro atoms. The van der Waals surface area contributed by atoms with E-state index in [9.17, 15) is 9.59 Å². The molecule has 242 valence electrons. The average Bonchev–Trinajstić information content (AvgIpc) is 3.10. The van der Waals surface area contributed by atoms with E-state index in [0.29, 0.717) is 47.0 Å². The van der Waals surface area contributed by atoms with Crippen molar-refractivity contribution in [2.45, 2.75) is 27.7 Å². The molecule has 3 aromatic rings. The second-order valence-electron chi connectivity index (χ2n) is 10.2. The first-order valence-corrected chi connectivity index (χ1v) is 15.6. The Labute approximate surface area is 273 Å². The van der Waals surface area contributed by atoms with Gasteiger partial charge in [-0.3, -0.25) is 0 Å². The summed E-state index contributed by atoms with van der Waals surface area (Å²) in [6.07, 6.45) is 0. The van der Waals surface area contributed by atoms with Gasteiger partial charge in [-0.15, -0.1) is 0 Å². The summed E-state index contributed by atoms with van der Waals surface area (Å²) in [6, 6.07) is 17.7. The van der Waals surface area contributed by atoms with Gasteiger partial charge in [0.25, 0.3) is 0 Å². The van der Waals surface area contributed by atoms with Gasteiger partial charge in [0.05, 0.1) is 36.5 Å². The van der Waals surface area contributed by atoms with Crippen LogP contribution in [0, 0.1) is 23.7 Å². The van der Waals surface area contributed by atoms with Gasteiger partial charge in [0.2, 0.25) is 0 Å². The van der Waals surface area contributed by atoms with E-state index in [2.05, 4.69) is 61.2 Å². The molecule has 8 nitrogen and oxygen atoms in total. The summed E-state index contributed by atoms with van der Waals surface area (Å²) in [5.41, 5.74) is 3.74. The summed E-state index contributed by atoms with van der Waals surface area (Å²) in [6.45, 7) is 14.7. The largest absolute Gasteiger partial charge is 0.491 e. The van der Waals surface area contributed by atoms with Gasteiger partial charge in [0, 0.05) is 36.3 Å². The molecule has 0 bridgehead atoms. The zero-order valence-electron chi connectivity index (χ0n) is 27.8. The average molecular weight is 625 g/mol. The minimum absolute atomic E-state index is 0.397. The van der Waals surface area contributed by atoms with Crippen LogP contribution in [0.15, 0.2) is 60.7 Å². The molecule has 0 N–H and O–H groups in total. The molecule has 0 aliphatic carbocycles. The molecule has 0 radical (unpaired) electrons. The zero-order chi connectivity index (χ0) is 33.3. The number of carbonyl (C=O) groups is 2. The Balaban J connectivity index is 2.03. The van der Waals surface area contributed by atoms with Crippen molar-refractivity contribution in [3.8, 4) is 35.2 Å². The molecule has 0 saturated heterocycles. The standard InChI is InChI=1S/C38H44N2O6/c1-7-39(8-2)23-25-45-35-27-34(22-16-30-13-19-32(20-14-30)38(42)44-6)36(46-26-24-40(9-3)10-4)28-33(35)21-15-29-11-17-31(18-12-29)37(41)43-5/h11-14,17-20,27-28H,7-10,23-26H2,1-6H3. The third-order valence-corrected chi connectivity index (χ3v) is 7.50. The number of methoxy groups -OCH3 is 2. The molecule has 0 unspecified atom stereocenters. The lowest BCUT2D eigenvalue weighted by Gasteiger charge is -2.20. The van der Waals surface area contributed by atoms with E-state index in [0.717, 1.165) is 50.4 Å². The van der Waals surface area contributed by atoms with Crippen LogP contribution in [0.5, 0.6) is 11.5 Å². The smallest absolute Gasteiger partial charge is 0.337 e. The quantitative estimate of drug-likeness (QED) is 0.172. The molecular weight excluding hydrogens is 580 g/mol. The van der Waals surface area contributed by atoms with Gasteiger partial charge in [-0.05, 0) is 74.7 Å². The normalized spacial score (nSPS) is 10.4. The van der Waals surface area contributed by atoms with E-state index in [1.165, 1.54) is 14.2 Å². The third kappa shape index (κ3) is 10.7. The lowest BCUT2D eigenvalue weighted by molar-refractivity contribution is 0.0592. The monoisotopic (exact) mass is 624 g/mol. The number of benzene rings is 3. The van der Waals surface area contributed by atoms with Crippen LogP contribution in [0.1, 0.15) is 70.7 Å². The maximum atomic E-state index is 11.9. The summed E-state index contributed by atoms with van der Waals surface area (Å²) in [4.78, 5) is 28.3. The molecule has 0 aliphatic rings. The summed E-state index contributed by atoms with van der Waals surface area (Å²) in [7, 11) is 2.71. The van der Waals surface area contributed by atoms with Gasteiger partial charge in [-0.25, -0.2) is 9.59 Å². The van der Waals surface area contributed by atoms with Crippen LogP contribution in [0.3, 0.4) is 0 Å². The molecule has 0 saturated carbocycles. The van der Waals surface area contributed by atoms with E-state index >= 15 is 0 Å². The Morgan fingerprint density at radius 1 is 0.565 bits per heavy atom. The fourth-order valence-electron chi connectivity index (χ4n) is 4.54. The van der Waals surface area contributed by atoms with Crippen LogP contribution >= 0.6 is 0 Å². The molecule has 0 aromatic heterocycles. The number of nitrogens with zero attached hydrogens (tertiary/aromatic N) is 2. The molecule has 0 fully saturated rings. The molecule has 0 atom stereocenters. The highest BCUT2D eigenvalue weighted by molar-refractivity contribution is 5.89. The summed E-state index contributed by atoms with van der Waals surface area (Å²) in [5, 5.41) is 0. The minimum Gasteiger partial charge on any atom is -0.491 e. The van der Waals surface area contributed by atoms with Crippen LogP contribution in [0.2, 0.25) is 0 Å². The van der Waals surface area contributed by atoms with Crippen LogP contribution < -0.4 is 9.47 Å². The molecular formula is C38H44N2O6. The summed E-state index contributed by atoms with van der Waals surface area (Å²) >= 11 is 0. The Morgan fingerprint density at radius 2 is 0.913 bits per heavy atom. The van der Waals surface area contributed by atoms with Crippen molar-refractivity contribution in [1.82, 2.24) is 9.80 Å². The number of likely N-dealkylation sites (N-methyl/N-ethyl adjacent to an activating group) is 2. The number of ether oxygens (including phenoxy) is 4. The Kier molecular flexibility index (Phi) is 14.7. The number of rotatable bonds is 14. The highest BCUT2D eigenvalue weighted by atomic mass is 16.5. The van der Waals surface area contributed by atoms with Crippen molar-refractivity contribution in [3.63, 3.8) is 0 Å². The van der Waals surface area contributed by atoms with E-state index in [1.54, 1.807) is 48.5 Å². The maximum absolute atomic E-state index is 11.9. The number of esters is 2. The van der Waals surface area contributed by atoms with Crippen molar-refractivity contribution in [2.24, 2.45) is 0 Å². The lowest BCUT2D eigenvalue weighted by atomic mass is 10.1. The van der Waals surface area contributed by atoms with Crippen molar-refractivity contribution < 1.29 is 28.5 Å². The Morgan fingerprint density at radius 3 is 1.22 bits per heavy atom. The SMILES string of the molecule is CCN(CC)CCOc1cc(C#Cc2ccc(C(=O)OC)cc2)c(OCCN(CC)CC)cc1C#Cc1ccc(C(=O)OC)cc1. The van der Waals surface area contributed by atoms with Crippen LogP contribution in [0.25, 0.3) is 0 Å². The second-order valence-corrected chi connectivity index (χ2v) is 10.2. The van der Waals surface area contributed by atoms with Gasteiger partial charge in [0.15, 0.2) is 0 Å². The number of hydrogen-bond donors (Lipinski definition) is 0. The molecule has 0 heterocycles. The van der Waals surface area contributed by atoms with Crippen molar-refractivity contribution in [3.05, 3.63) is 94.0 Å². The van der Waals surface area contributed by atoms with Gasteiger partial charge in [0.1, 0.15) is 24.7 Å². The highest BCUT2D eigenvalue weighted by Gasteiger charge is 2.13. The first-order valence-electron chi connectivity index (χ1n) is 15.6. The van der Waals surface area contributed by atoms with Crippen LogP contribution in [0.4, 0.5) is 0 Å². The summed E-state index contributed by atoms with van der Waals surface area (Å²) < 4.78 is 22.2. The van der Waals surface area contributed by atoms with Gasteiger partial charge in [-0.1, -0.05) is 51.4 Å². The molecule has 46 heavy (non-hydrogen) atoms. The second kappa shape index (κ2) is 18.9. The number of hydrogen-bond acceptors (Lipinski definition) is 8. The van der Waals surface area contributed by atoms with E-state index in [1.807, 2.05) is 12.1 Å². The van der Waals surface area contributed by atoms with Crippen molar-refractivity contribution in [1.29, 1.82) is 0 Å². The van der Waals surface area contributed by atoms with Gasteiger partial charge in [-0.2, -0.15) is 0 Å². The molecule has 3 aromatic carbocycles. The highest BCUT2D eigenvalue weighted by Crippen LogP contribution is 2.29. The van der Waals surface area contributed by atoms with Crippen LogP contribution in [-0.2, 0) is 9.47 Å². The van der Waals surface area contributed by atoms with Crippen molar-refractivity contribution >= 4 is 11.9 Å². The third-order valence-electron chi connectivity index (χ3n) is 7.50. The predicted molar refractivity (Wildman–Crippen MR) is 181 cm³/mol. The molecule has 8 heteroatoms. The molecule has 0 aliphatic heterocycles. The first kappa shape index (κ1) is 35.7.